The van der Waals surface area contributed by atoms with Crippen molar-refractivity contribution in [1.29, 1.82) is 0 Å². The van der Waals surface area contributed by atoms with Crippen LogP contribution in [0.25, 0.3) is 6.08 Å². The second-order valence-electron chi connectivity index (χ2n) is 15.2. The number of phenolic OH excluding ortho intramolecular Hbond substituents is 1. The van der Waals surface area contributed by atoms with E-state index in [4.69, 9.17) is 9.47 Å². The highest BCUT2D eigenvalue weighted by atomic mass is 16.5. The van der Waals surface area contributed by atoms with E-state index in [1.165, 1.54) is 24.7 Å². The zero-order chi connectivity index (χ0) is 37.0. The predicted molar refractivity (Wildman–Crippen MR) is 199 cm³/mol. The minimum atomic E-state index is -1.14. The first-order chi connectivity index (χ1) is 25.6. The van der Waals surface area contributed by atoms with Crippen molar-refractivity contribution in [2.75, 3.05) is 32.2 Å². The van der Waals surface area contributed by atoms with Crippen LogP contribution in [-0.4, -0.2) is 71.9 Å². The molecule has 0 radical (unpaired) electrons. The van der Waals surface area contributed by atoms with E-state index in [1.807, 2.05) is 43.3 Å². The number of nitrogens with zero attached hydrogens (tertiary/aromatic N) is 3. The number of piperidine rings is 1. The lowest BCUT2D eigenvalue weighted by Gasteiger charge is -2.48. The lowest BCUT2D eigenvalue weighted by Crippen LogP contribution is -2.50. The first-order valence-corrected chi connectivity index (χ1v) is 18.6. The van der Waals surface area contributed by atoms with Gasteiger partial charge in [0.2, 0.25) is 29.4 Å². The van der Waals surface area contributed by atoms with Gasteiger partial charge in [-0.1, -0.05) is 72.3 Å². The zero-order valence-electron chi connectivity index (χ0n) is 30.3. The van der Waals surface area contributed by atoms with Crippen LogP contribution in [0.1, 0.15) is 43.7 Å². The van der Waals surface area contributed by atoms with Gasteiger partial charge in [-0.25, -0.2) is 4.90 Å². The van der Waals surface area contributed by atoms with Crippen LogP contribution in [-0.2, 0) is 25.7 Å². The van der Waals surface area contributed by atoms with Crippen LogP contribution in [0.4, 0.5) is 5.69 Å². The van der Waals surface area contributed by atoms with E-state index >= 15 is 0 Å². The molecule has 0 bridgehead atoms. The molecule has 4 fully saturated rings. The Morgan fingerprint density at radius 2 is 1.49 bits per heavy atom. The van der Waals surface area contributed by atoms with E-state index in [1.54, 1.807) is 41.3 Å². The molecule has 4 amide bonds. The molecular weight excluding hydrogens is 670 g/mol. The highest BCUT2D eigenvalue weighted by Gasteiger charge is 2.67. The molecule has 3 aromatic carbocycles. The Labute approximate surface area is 309 Å². The monoisotopic (exact) mass is 715 g/mol. The fraction of sp³-hybridized carbons (Fsp3) is 0.395. The average molecular weight is 716 g/mol. The van der Waals surface area contributed by atoms with Gasteiger partial charge in [0.15, 0.2) is 11.5 Å². The molecule has 10 nitrogen and oxygen atoms in total. The van der Waals surface area contributed by atoms with Crippen molar-refractivity contribution in [2.45, 2.75) is 45.2 Å². The molecule has 5 aliphatic rings. The molecule has 0 aromatic heterocycles. The maximum absolute atomic E-state index is 14.6. The molecule has 3 aliphatic heterocycles. The topological polar surface area (TPSA) is 117 Å². The summed E-state index contributed by atoms with van der Waals surface area (Å²) in [6.45, 7) is 4.30. The van der Waals surface area contributed by atoms with Gasteiger partial charge >= 0.3 is 0 Å². The number of para-hydroxylation sites is 1. The summed E-state index contributed by atoms with van der Waals surface area (Å²) < 4.78 is 10.8. The number of carbonyl (C=O) groups excluding carboxylic acids is 4. The molecular formula is C43H45N3O7. The van der Waals surface area contributed by atoms with Crippen molar-refractivity contribution in [1.82, 2.24) is 9.80 Å². The second kappa shape index (κ2) is 13.6. The summed E-state index contributed by atoms with van der Waals surface area (Å²) in [6.07, 6.45) is 8.02. The number of hydrogen-bond acceptors (Lipinski definition) is 8. The number of amides is 4. The summed E-state index contributed by atoms with van der Waals surface area (Å²) >= 11 is 0. The van der Waals surface area contributed by atoms with E-state index in [9.17, 15) is 24.3 Å². The van der Waals surface area contributed by atoms with E-state index < -0.39 is 29.1 Å². The molecule has 53 heavy (non-hydrogen) atoms. The normalized spacial score (nSPS) is 29.0. The third kappa shape index (κ3) is 5.66. The Balaban J connectivity index is 1.12. The minimum Gasteiger partial charge on any atom is -0.502 e. The van der Waals surface area contributed by atoms with Gasteiger partial charge in [0.25, 0.3) is 0 Å². The van der Waals surface area contributed by atoms with Gasteiger partial charge in [0, 0.05) is 31.6 Å². The number of benzene rings is 3. The zero-order valence-corrected chi connectivity index (χ0v) is 30.3. The molecule has 0 unspecified atom stereocenters. The maximum atomic E-state index is 14.6. The van der Waals surface area contributed by atoms with Crippen molar-refractivity contribution in [3.05, 3.63) is 102 Å². The van der Waals surface area contributed by atoms with Crippen LogP contribution in [0.3, 0.4) is 0 Å². The van der Waals surface area contributed by atoms with Crippen molar-refractivity contribution < 1.29 is 33.8 Å². The molecule has 10 heteroatoms. The van der Waals surface area contributed by atoms with Crippen LogP contribution < -0.4 is 14.4 Å². The van der Waals surface area contributed by atoms with Crippen LogP contribution >= 0.6 is 0 Å². The number of anilines is 1. The van der Waals surface area contributed by atoms with E-state index in [-0.39, 0.29) is 52.8 Å². The summed E-state index contributed by atoms with van der Waals surface area (Å²) in [5, 5.41) is 10.5. The summed E-state index contributed by atoms with van der Waals surface area (Å²) in [5.41, 5.74) is 2.21. The molecule has 6 atom stereocenters. The maximum Gasteiger partial charge on any atom is 0.241 e. The van der Waals surface area contributed by atoms with Gasteiger partial charge in [0.1, 0.15) is 0 Å². The Bertz CT molecular complexity index is 1980. The third-order valence-electron chi connectivity index (χ3n) is 12.5. The van der Waals surface area contributed by atoms with Crippen LogP contribution in [0.15, 0.2) is 90.5 Å². The predicted octanol–water partition coefficient (Wildman–Crippen LogP) is 5.85. The number of imide groups is 2. The Morgan fingerprint density at radius 1 is 0.849 bits per heavy atom. The van der Waals surface area contributed by atoms with Crippen LogP contribution in [0.5, 0.6) is 17.2 Å². The number of ether oxygens (including phenoxy) is 2. The Hall–Kier alpha value is -5.22. The fourth-order valence-corrected chi connectivity index (χ4v) is 9.82. The van der Waals surface area contributed by atoms with E-state index in [0.29, 0.717) is 24.1 Å². The number of rotatable bonds is 8. The SMILES string of the molecule is COc1cc(C=C[C@H]2C3=CC[C@@H]4C(=O)N(C5CCN(Cc6ccccc6)CC5)C(=O)[C@@H]4[C@@H]3C[C@H]3C(=O)N(c4ccccc4)C(=O)[C@@]23C)cc(OC)c1O. The molecule has 3 aromatic rings. The smallest absolute Gasteiger partial charge is 0.241 e. The number of hydrogen-bond donors (Lipinski definition) is 1. The van der Waals surface area contributed by atoms with Gasteiger partial charge in [-0.3, -0.25) is 29.0 Å². The number of carbonyl (C=O) groups is 4. The van der Waals surface area contributed by atoms with Gasteiger partial charge in [-0.15, -0.1) is 0 Å². The van der Waals surface area contributed by atoms with Gasteiger partial charge in [-0.05, 0) is 73.9 Å². The quantitative estimate of drug-likeness (QED) is 0.228. The van der Waals surface area contributed by atoms with Crippen molar-refractivity contribution in [3.8, 4) is 17.2 Å². The number of phenols is 1. The van der Waals surface area contributed by atoms with Crippen molar-refractivity contribution >= 4 is 35.4 Å². The number of likely N-dealkylation sites (tertiary alicyclic amines) is 2. The third-order valence-corrected chi connectivity index (χ3v) is 12.5. The fourth-order valence-electron chi connectivity index (χ4n) is 9.82. The number of allylic oxidation sites excluding steroid dienone is 3. The standard InChI is InChI=1S/C43H45N3O7/c1-43-33(17-14-27-22-35(52-2)38(47)36(23-27)53-3)30-15-16-31-37(32(30)24-34(43)40(49)46(42(43)51)28-12-8-5-9-13-28)41(50)45(39(31)48)29-18-20-44(21-19-29)25-26-10-6-4-7-11-26/h4-15,17,22-23,29,31-34,37,47H,16,18-21,24-25H2,1-3H3/t31-,32+,33-,34-,37-,43-/m0/s1. The largest absolute Gasteiger partial charge is 0.502 e. The Morgan fingerprint density at radius 3 is 2.13 bits per heavy atom. The molecule has 1 saturated carbocycles. The van der Waals surface area contributed by atoms with Gasteiger partial charge in [0.05, 0.1) is 43.1 Å². The Kier molecular flexibility index (Phi) is 8.97. The highest BCUT2D eigenvalue weighted by Crippen LogP contribution is 2.61. The van der Waals surface area contributed by atoms with Crippen molar-refractivity contribution in [3.63, 3.8) is 0 Å². The molecule has 3 saturated heterocycles. The number of fused-ring (bicyclic) bond motifs is 4. The average Bonchev–Trinajstić information content (AvgIpc) is 3.55. The summed E-state index contributed by atoms with van der Waals surface area (Å²) in [4.78, 5) is 63.0. The summed E-state index contributed by atoms with van der Waals surface area (Å²) in [6, 6.07) is 22.5. The van der Waals surface area contributed by atoms with Gasteiger partial charge in [-0.2, -0.15) is 0 Å². The highest BCUT2D eigenvalue weighted by molar-refractivity contribution is 6.24. The number of aromatic hydroxyl groups is 1. The molecule has 2 aliphatic carbocycles. The second-order valence-corrected chi connectivity index (χ2v) is 15.2. The van der Waals surface area contributed by atoms with E-state index in [2.05, 4.69) is 23.1 Å². The first kappa shape index (κ1) is 34.8. The lowest BCUT2D eigenvalue weighted by atomic mass is 9.52. The van der Waals surface area contributed by atoms with Crippen LogP contribution in [0.2, 0.25) is 0 Å². The summed E-state index contributed by atoms with van der Waals surface area (Å²) in [7, 11) is 2.92. The van der Waals surface area contributed by atoms with Crippen LogP contribution in [0, 0.1) is 35.0 Å². The lowest BCUT2D eigenvalue weighted by molar-refractivity contribution is -0.144. The number of methoxy groups -OCH3 is 2. The molecule has 0 spiro atoms. The van der Waals surface area contributed by atoms with Crippen molar-refractivity contribution in [2.24, 2.45) is 35.0 Å². The molecule has 8 rings (SSSR count). The first-order valence-electron chi connectivity index (χ1n) is 18.6. The van der Waals surface area contributed by atoms with Gasteiger partial charge < -0.3 is 14.6 Å². The molecule has 3 heterocycles. The summed E-state index contributed by atoms with van der Waals surface area (Å²) in [5.74, 6) is -3.17. The minimum absolute atomic E-state index is 0.111. The van der Waals surface area contributed by atoms with E-state index in [0.717, 1.165) is 38.0 Å². The molecule has 274 valence electrons. The molecule has 1 N–H and O–H groups in total.